The topological polar surface area (TPSA) is 237 Å². The first kappa shape index (κ1) is 91.1. The van der Waals surface area contributed by atoms with Crippen molar-refractivity contribution in [2.45, 2.75) is 394 Å². The fourth-order valence-corrected chi connectivity index (χ4v) is 12.8. The van der Waals surface area contributed by atoms with Gasteiger partial charge in [-0.25, -0.2) is 9.13 Å². The predicted molar refractivity (Wildman–Crippen MR) is 377 cm³/mol. The Bertz CT molecular complexity index is 1820. The number of carbonyl (C=O) groups is 4. The van der Waals surface area contributed by atoms with Gasteiger partial charge in [0, 0.05) is 25.7 Å². The van der Waals surface area contributed by atoms with E-state index in [-0.39, 0.29) is 25.7 Å². The summed E-state index contributed by atoms with van der Waals surface area (Å²) in [6.45, 7) is 11.8. The largest absolute Gasteiger partial charge is 0.472 e. The molecule has 0 rings (SSSR count). The second kappa shape index (κ2) is 64.7. The predicted octanol–water partition coefficient (Wildman–Crippen LogP) is 21.4. The Morgan fingerprint density at radius 3 is 0.817 bits per heavy atom. The van der Waals surface area contributed by atoms with Gasteiger partial charge in [0.1, 0.15) is 19.3 Å². The van der Waals surface area contributed by atoms with Crippen LogP contribution < -0.4 is 0 Å². The smallest absolute Gasteiger partial charge is 0.462 e. The number of carbonyl (C=O) groups excluding carboxylic acids is 4. The minimum atomic E-state index is -4.95. The van der Waals surface area contributed by atoms with Crippen LogP contribution in [0.25, 0.3) is 0 Å². The van der Waals surface area contributed by atoms with E-state index in [9.17, 15) is 43.2 Å². The molecule has 17 nitrogen and oxygen atoms in total. The summed E-state index contributed by atoms with van der Waals surface area (Å²) in [7, 11) is -9.90. The maximum absolute atomic E-state index is 13.1. The number of aliphatic hydroxyl groups is 1. The highest BCUT2D eigenvalue weighted by Gasteiger charge is 2.30. The van der Waals surface area contributed by atoms with E-state index in [1.165, 1.54) is 180 Å². The van der Waals surface area contributed by atoms with Crippen molar-refractivity contribution in [2.75, 3.05) is 39.6 Å². The fraction of sp³-hybridized carbons (Fsp3) is 0.946. The van der Waals surface area contributed by atoms with Crippen molar-refractivity contribution in [3.8, 4) is 0 Å². The number of hydrogen-bond acceptors (Lipinski definition) is 15. The fourth-order valence-electron chi connectivity index (χ4n) is 11.2. The number of phosphoric ester groups is 2. The Kier molecular flexibility index (Phi) is 63.4. The average molecular weight is 1370 g/mol. The molecule has 19 heteroatoms. The normalized spacial score (nSPS) is 14.4. The second-order valence-corrected chi connectivity index (χ2v) is 30.8. The third kappa shape index (κ3) is 67.0. The van der Waals surface area contributed by atoms with E-state index in [0.717, 1.165) is 102 Å². The van der Waals surface area contributed by atoms with Crippen LogP contribution in [0, 0.1) is 17.8 Å². The molecular weight excluding hydrogens is 1220 g/mol. The number of aliphatic hydroxyl groups excluding tert-OH is 1. The van der Waals surface area contributed by atoms with E-state index >= 15 is 0 Å². The van der Waals surface area contributed by atoms with Gasteiger partial charge in [-0.05, 0) is 43.4 Å². The van der Waals surface area contributed by atoms with Crippen LogP contribution in [0.4, 0.5) is 0 Å². The van der Waals surface area contributed by atoms with Crippen molar-refractivity contribution in [3.05, 3.63) is 0 Å². The summed E-state index contributed by atoms with van der Waals surface area (Å²) >= 11 is 0. The lowest BCUT2D eigenvalue weighted by Crippen LogP contribution is -2.30. The first-order chi connectivity index (χ1) is 44.8. The zero-order valence-corrected chi connectivity index (χ0v) is 62.5. The Morgan fingerprint density at radius 2 is 0.548 bits per heavy atom. The summed E-state index contributed by atoms with van der Waals surface area (Å²) < 4.78 is 68.3. The summed E-state index contributed by atoms with van der Waals surface area (Å²) in [5.41, 5.74) is 0. The molecule has 0 spiro atoms. The number of rotatable bonds is 72. The SMILES string of the molecule is CCCCCCCCCCCCCCC(=O)OC[C@H](COP(=O)(O)OC[C@@H](O)COP(=O)(O)OC[C@@H](COC(=O)CCCCCCCCC(C)C)OC(=O)CCCCCCCCCC(C)C)OC(=O)CCCCCCCCCCCCCCCCCCCCC(C)CC. The molecule has 0 aromatic rings. The molecule has 93 heavy (non-hydrogen) atoms. The maximum atomic E-state index is 13.1. The van der Waals surface area contributed by atoms with Gasteiger partial charge < -0.3 is 33.8 Å². The summed E-state index contributed by atoms with van der Waals surface area (Å²) in [6.07, 6.45) is 50.3. The molecular formula is C74H144O17P2. The van der Waals surface area contributed by atoms with Gasteiger partial charge in [0.15, 0.2) is 12.2 Å². The van der Waals surface area contributed by atoms with Gasteiger partial charge >= 0.3 is 39.5 Å². The highest BCUT2D eigenvalue weighted by molar-refractivity contribution is 7.47. The van der Waals surface area contributed by atoms with Crippen molar-refractivity contribution in [1.82, 2.24) is 0 Å². The second-order valence-electron chi connectivity index (χ2n) is 27.9. The third-order valence-corrected chi connectivity index (χ3v) is 19.4. The number of phosphoric acid groups is 2. The first-order valence-corrected chi connectivity index (χ1v) is 41.4. The van der Waals surface area contributed by atoms with Gasteiger partial charge in [-0.15, -0.1) is 0 Å². The molecule has 552 valence electrons. The van der Waals surface area contributed by atoms with Gasteiger partial charge in [0.25, 0.3) is 0 Å². The monoisotopic (exact) mass is 1370 g/mol. The minimum absolute atomic E-state index is 0.102. The van der Waals surface area contributed by atoms with Crippen LogP contribution in [0.3, 0.4) is 0 Å². The van der Waals surface area contributed by atoms with Crippen molar-refractivity contribution < 1.29 is 80.2 Å². The average Bonchev–Trinajstić information content (AvgIpc) is 1.79. The summed E-state index contributed by atoms with van der Waals surface area (Å²) in [4.78, 5) is 72.6. The van der Waals surface area contributed by atoms with Crippen LogP contribution in [0.2, 0.25) is 0 Å². The molecule has 0 amide bonds. The van der Waals surface area contributed by atoms with Crippen LogP contribution in [0.15, 0.2) is 0 Å². The van der Waals surface area contributed by atoms with Crippen molar-refractivity contribution in [2.24, 2.45) is 17.8 Å². The zero-order chi connectivity index (χ0) is 68.7. The molecule has 0 aliphatic rings. The quantitative estimate of drug-likeness (QED) is 0.0222. The molecule has 0 bridgehead atoms. The Hall–Kier alpha value is -1.94. The first-order valence-electron chi connectivity index (χ1n) is 38.4. The molecule has 0 aromatic heterocycles. The lowest BCUT2D eigenvalue weighted by atomic mass is 9.99. The molecule has 0 saturated heterocycles. The van der Waals surface area contributed by atoms with Gasteiger partial charge in [-0.2, -0.15) is 0 Å². The molecule has 0 aliphatic carbocycles. The van der Waals surface area contributed by atoms with Crippen molar-refractivity contribution in [1.29, 1.82) is 0 Å². The number of esters is 4. The molecule has 6 atom stereocenters. The van der Waals surface area contributed by atoms with Crippen molar-refractivity contribution in [3.63, 3.8) is 0 Å². The van der Waals surface area contributed by atoms with Crippen LogP contribution in [0.1, 0.15) is 376 Å². The Morgan fingerprint density at radius 1 is 0.312 bits per heavy atom. The van der Waals surface area contributed by atoms with Crippen LogP contribution in [-0.4, -0.2) is 96.7 Å². The Labute approximate surface area is 568 Å². The molecule has 0 heterocycles. The summed E-state index contributed by atoms with van der Waals surface area (Å²) in [6, 6.07) is 0. The van der Waals surface area contributed by atoms with Gasteiger partial charge in [0.2, 0.25) is 0 Å². The summed E-state index contributed by atoms with van der Waals surface area (Å²) in [5.74, 6) is 0.121. The van der Waals surface area contributed by atoms with Crippen LogP contribution in [-0.2, 0) is 65.4 Å². The lowest BCUT2D eigenvalue weighted by Gasteiger charge is -2.21. The molecule has 0 saturated carbocycles. The highest BCUT2D eigenvalue weighted by atomic mass is 31.2. The summed E-state index contributed by atoms with van der Waals surface area (Å²) in [5, 5.41) is 10.6. The van der Waals surface area contributed by atoms with E-state index in [1.54, 1.807) is 0 Å². The van der Waals surface area contributed by atoms with Crippen LogP contribution in [0.5, 0.6) is 0 Å². The van der Waals surface area contributed by atoms with E-state index in [4.69, 9.17) is 37.0 Å². The molecule has 0 aromatic carbocycles. The number of hydrogen-bond donors (Lipinski definition) is 3. The third-order valence-electron chi connectivity index (χ3n) is 17.5. The molecule has 0 fully saturated rings. The van der Waals surface area contributed by atoms with Crippen molar-refractivity contribution >= 4 is 39.5 Å². The Balaban J connectivity index is 5.16. The van der Waals surface area contributed by atoms with Crippen LogP contribution >= 0.6 is 15.6 Å². The van der Waals surface area contributed by atoms with Gasteiger partial charge in [-0.1, -0.05) is 325 Å². The molecule has 3 N–H and O–H groups in total. The van der Waals surface area contributed by atoms with E-state index in [1.807, 2.05) is 0 Å². The number of ether oxygens (including phenoxy) is 4. The van der Waals surface area contributed by atoms with E-state index < -0.39 is 97.5 Å². The van der Waals surface area contributed by atoms with E-state index in [0.29, 0.717) is 37.5 Å². The van der Waals surface area contributed by atoms with Gasteiger partial charge in [0.05, 0.1) is 26.4 Å². The van der Waals surface area contributed by atoms with Gasteiger partial charge in [-0.3, -0.25) is 37.3 Å². The van der Waals surface area contributed by atoms with E-state index in [2.05, 4.69) is 48.5 Å². The number of unbranched alkanes of at least 4 members (excludes halogenated alkanes) is 39. The lowest BCUT2D eigenvalue weighted by molar-refractivity contribution is -0.161. The molecule has 0 radical (unpaired) electrons. The molecule has 3 unspecified atom stereocenters. The minimum Gasteiger partial charge on any atom is -0.462 e. The zero-order valence-electron chi connectivity index (χ0n) is 60.7. The highest BCUT2D eigenvalue weighted by Crippen LogP contribution is 2.45. The molecule has 0 aliphatic heterocycles. The maximum Gasteiger partial charge on any atom is 0.472 e. The standard InChI is InChI=1S/C74H144O17P2/c1-8-10-11-12-13-14-15-25-28-33-41-48-55-71(76)84-61-69(90-73(78)57-50-43-34-29-26-23-21-19-17-16-18-20-22-24-27-32-40-47-54-67(7)9-2)63-88-92(80,81)86-59-68(75)60-87-93(82,83)89-64-70(62-85-72(77)56-49-42-37-36-39-46-53-66(5)6)91-74(79)58-51-44-35-30-31-38-45-52-65(3)4/h65-70,75H,8-64H2,1-7H3,(H,80,81)(H,82,83)/t67?,68-,69-,70-/m1/s1.